The van der Waals surface area contributed by atoms with E-state index in [1.165, 1.54) is 0 Å². The molecule has 0 aliphatic rings. The minimum Gasteiger partial charge on any atom is -0.497 e. The molecule has 15 heavy (non-hydrogen) atoms. The fraction of sp³-hybridized carbons (Fsp3) is 0.400. The van der Waals surface area contributed by atoms with Gasteiger partial charge in [0.05, 0.1) is 13.2 Å². The van der Waals surface area contributed by atoms with Crippen molar-refractivity contribution in [1.82, 2.24) is 0 Å². The molecule has 5 heteroatoms. The maximum absolute atomic E-state index is 9.73. The quantitative estimate of drug-likeness (QED) is 0.457. The zero-order valence-electron chi connectivity index (χ0n) is 8.50. The van der Waals surface area contributed by atoms with Gasteiger partial charge in [0.15, 0.2) is 0 Å². The Balaban J connectivity index is 2.63. The highest BCUT2D eigenvalue weighted by Crippen LogP contribution is 2.21. The van der Waals surface area contributed by atoms with Gasteiger partial charge in [-0.2, -0.15) is 0 Å². The van der Waals surface area contributed by atoms with Crippen LogP contribution < -0.4 is 4.74 Å². The number of rotatable bonds is 5. The Morgan fingerprint density at radius 3 is 3.07 bits per heavy atom. The number of benzene rings is 1. The lowest BCUT2D eigenvalue weighted by molar-refractivity contribution is 0.170. The Bertz CT molecular complexity index is 361. The molecule has 0 saturated carbocycles. The van der Waals surface area contributed by atoms with Gasteiger partial charge in [-0.25, -0.2) is 0 Å². The molecule has 0 heterocycles. The highest BCUT2D eigenvalue weighted by atomic mass is 16.5. The van der Waals surface area contributed by atoms with Crippen molar-refractivity contribution in [3.63, 3.8) is 0 Å². The van der Waals surface area contributed by atoms with Crippen LogP contribution in [-0.2, 0) is 0 Å². The lowest BCUT2D eigenvalue weighted by Crippen LogP contribution is -1.99. The minimum atomic E-state index is -0.620. The van der Waals surface area contributed by atoms with Gasteiger partial charge >= 0.3 is 0 Å². The number of ether oxygens (including phenoxy) is 1. The van der Waals surface area contributed by atoms with Gasteiger partial charge in [-0.3, -0.25) is 0 Å². The number of nitrogens with zero attached hydrogens (tertiary/aromatic N) is 3. The van der Waals surface area contributed by atoms with E-state index < -0.39 is 6.10 Å². The van der Waals surface area contributed by atoms with Crippen molar-refractivity contribution >= 4 is 0 Å². The molecule has 0 radical (unpaired) electrons. The Morgan fingerprint density at radius 1 is 1.60 bits per heavy atom. The summed E-state index contributed by atoms with van der Waals surface area (Å²) >= 11 is 0. The van der Waals surface area contributed by atoms with E-state index in [1.54, 1.807) is 13.2 Å². The van der Waals surface area contributed by atoms with Crippen LogP contribution in [0.3, 0.4) is 0 Å². The van der Waals surface area contributed by atoms with E-state index in [2.05, 4.69) is 10.0 Å². The highest BCUT2D eigenvalue weighted by Gasteiger charge is 2.07. The summed E-state index contributed by atoms with van der Waals surface area (Å²) in [6.07, 6.45) is -0.206. The van der Waals surface area contributed by atoms with E-state index in [-0.39, 0.29) is 6.54 Å². The van der Waals surface area contributed by atoms with Crippen LogP contribution in [-0.4, -0.2) is 18.8 Å². The molecule has 0 aliphatic carbocycles. The molecule has 0 amide bonds. The molecule has 1 unspecified atom stereocenters. The summed E-state index contributed by atoms with van der Waals surface area (Å²) in [5.41, 5.74) is 8.85. The van der Waals surface area contributed by atoms with Crippen molar-refractivity contribution < 1.29 is 9.84 Å². The molecule has 0 fully saturated rings. The SMILES string of the molecule is COc1cccc(C(O)CCN=[N+]=[N-])c1. The van der Waals surface area contributed by atoms with Gasteiger partial charge in [0.2, 0.25) is 0 Å². The molecule has 0 saturated heterocycles. The van der Waals surface area contributed by atoms with Crippen LogP contribution in [0.2, 0.25) is 0 Å². The molecular formula is C10H13N3O2. The van der Waals surface area contributed by atoms with E-state index in [0.717, 1.165) is 5.56 Å². The smallest absolute Gasteiger partial charge is 0.119 e. The van der Waals surface area contributed by atoms with Crippen LogP contribution in [0.5, 0.6) is 5.75 Å². The molecule has 5 nitrogen and oxygen atoms in total. The van der Waals surface area contributed by atoms with Crippen LogP contribution in [0.15, 0.2) is 29.4 Å². The van der Waals surface area contributed by atoms with Gasteiger partial charge in [0.25, 0.3) is 0 Å². The summed E-state index contributed by atoms with van der Waals surface area (Å²) in [6, 6.07) is 7.19. The summed E-state index contributed by atoms with van der Waals surface area (Å²) in [4.78, 5) is 2.62. The first-order valence-electron chi connectivity index (χ1n) is 4.61. The summed E-state index contributed by atoms with van der Waals surface area (Å²) in [5, 5.41) is 13.1. The third-order valence-corrected chi connectivity index (χ3v) is 2.04. The lowest BCUT2D eigenvalue weighted by Gasteiger charge is -2.10. The molecular weight excluding hydrogens is 194 g/mol. The molecule has 0 bridgehead atoms. The van der Waals surface area contributed by atoms with Crippen LogP contribution in [0.4, 0.5) is 0 Å². The van der Waals surface area contributed by atoms with Gasteiger partial charge in [-0.05, 0) is 29.6 Å². The van der Waals surface area contributed by atoms with E-state index in [1.807, 2.05) is 18.2 Å². The number of aliphatic hydroxyl groups is 1. The van der Waals surface area contributed by atoms with Gasteiger partial charge in [0.1, 0.15) is 5.75 Å². The van der Waals surface area contributed by atoms with Crippen LogP contribution >= 0.6 is 0 Å². The van der Waals surface area contributed by atoms with Crippen molar-refractivity contribution in [2.75, 3.05) is 13.7 Å². The van der Waals surface area contributed by atoms with Crippen molar-refractivity contribution in [3.05, 3.63) is 40.3 Å². The van der Waals surface area contributed by atoms with E-state index in [0.29, 0.717) is 12.2 Å². The fourth-order valence-electron chi connectivity index (χ4n) is 1.24. The molecule has 1 aromatic carbocycles. The number of hydrogen-bond donors (Lipinski definition) is 1. The zero-order chi connectivity index (χ0) is 11.1. The minimum absolute atomic E-state index is 0.287. The molecule has 1 N–H and O–H groups in total. The largest absolute Gasteiger partial charge is 0.497 e. The molecule has 80 valence electrons. The third kappa shape index (κ3) is 3.50. The topological polar surface area (TPSA) is 78.2 Å². The van der Waals surface area contributed by atoms with Crippen molar-refractivity contribution in [1.29, 1.82) is 0 Å². The first kappa shape index (κ1) is 11.4. The molecule has 1 atom stereocenters. The Hall–Kier alpha value is -1.71. The number of azide groups is 1. The summed E-state index contributed by atoms with van der Waals surface area (Å²) in [5.74, 6) is 0.704. The van der Waals surface area contributed by atoms with Crippen LogP contribution in [0.1, 0.15) is 18.1 Å². The van der Waals surface area contributed by atoms with Crippen molar-refractivity contribution in [2.45, 2.75) is 12.5 Å². The van der Waals surface area contributed by atoms with Crippen LogP contribution in [0, 0.1) is 0 Å². The van der Waals surface area contributed by atoms with Crippen molar-refractivity contribution in [3.8, 4) is 5.75 Å². The first-order valence-corrected chi connectivity index (χ1v) is 4.61. The normalized spacial score (nSPS) is 11.6. The monoisotopic (exact) mass is 207 g/mol. The standard InChI is InChI=1S/C10H13N3O2/c1-15-9-4-2-3-8(7-9)10(14)5-6-12-13-11/h2-4,7,10,14H,5-6H2,1H3. The zero-order valence-corrected chi connectivity index (χ0v) is 8.50. The van der Waals surface area contributed by atoms with E-state index >= 15 is 0 Å². The highest BCUT2D eigenvalue weighted by molar-refractivity contribution is 5.29. The molecule has 0 aliphatic heterocycles. The van der Waals surface area contributed by atoms with E-state index in [4.69, 9.17) is 10.3 Å². The lowest BCUT2D eigenvalue weighted by atomic mass is 10.1. The second kappa shape index (κ2) is 5.90. The first-order chi connectivity index (χ1) is 7.27. The fourth-order valence-corrected chi connectivity index (χ4v) is 1.24. The predicted molar refractivity (Wildman–Crippen MR) is 56.6 cm³/mol. The number of aliphatic hydroxyl groups excluding tert-OH is 1. The molecule has 0 spiro atoms. The maximum atomic E-state index is 9.73. The molecule has 1 aromatic rings. The second-order valence-corrected chi connectivity index (χ2v) is 3.04. The van der Waals surface area contributed by atoms with E-state index in [9.17, 15) is 5.11 Å². The molecule has 1 rings (SSSR count). The predicted octanol–water partition coefficient (Wildman–Crippen LogP) is 2.43. The average Bonchev–Trinajstić information content (AvgIpc) is 2.29. The van der Waals surface area contributed by atoms with Crippen molar-refractivity contribution in [2.24, 2.45) is 5.11 Å². The summed E-state index contributed by atoms with van der Waals surface area (Å²) in [6.45, 7) is 0.287. The van der Waals surface area contributed by atoms with Gasteiger partial charge in [-0.1, -0.05) is 17.2 Å². The number of hydrogen-bond acceptors (Lipinski definition) is 3. The van der Waals surface area contributed by atoms with Gasteiger partial charge < -0.3 is 9.84 Å². The third-order valence-electron chi connectivity index (χ3n) is 2.04. The summed E-state index contributed by atoms with van der Waals surface area (Å²) < 4.78 is 5.04. The average molecular weight is 207 g/mol. The summed E-state index contributed by atoms with van der Waals surface area (Å²) in [7, 11) is 1.57. The second-order valence-electron chi connectivity index (χ2n) is 3.04. The Morgan fingerprint density at radius 2 is 2.40 bits per heavy atom. The van der Waals surface area contributed by atoms with Crippen LogP contribution in [0.25, 0.3) is 10.4 Å². The Kier molecular flexibility index (Phi) is 4.47. The molecule has 0 aromatic heterocycles. The van der Waals surface area contributed by atoms with Gasteiger partial charge in [-0.15, -0.1) is 0 Å². The maximum Gasteiger partial charge on any atom is 0.119 e. The Labute approximate surface area is 87.9 Å². The number of methoxy groups -OCH3 is 1. The van der Waals surface area contributed by atoms with Gasteiger partial charge in [0, 0.05) is 11.5 Å².